The molecule has 0 spiro atoms. The van der Waals surface area contributed by atoms with Crippen LogP contribution in [0.15, 0.2) is 6.20 Å². The Morgan fingerprint density at radius 2 is 2.38 bits per heavy atom. The van der Waals surface area contributed by atoms with Crippen LogP contribution in [0.5, 0.6) is 0 Å². The SMILES string of the molecule is NCCCN1CC(n2cc(C(=O)O)nn2)C1. The summed E-state index contributed by atoms with van der Waals surface area (Å²) in [4.78, 5) is 12.9. The Hall–Kier alpha value is -1.47. The molecule has 88 valence electrons. The minimum Gasteiger partial charge on any atom is -0.476 e. The van der Waals surface area contributed by atoms with Crippen LogP contribution in [0.4, 0.5) is 0 Å². The molecule has 0 aliphatic carbocycles. The van der Waals surface area contributed by atoms with E-state index in [0.29, 0.717) is 6.54 Å². The standard InChI is InChI=1S/C9H15N5O2/c10-2-1-3-13-4-7(5-13)14-6-8(9(15)16)11-12-14/h6-7H,1-5,10H2,(H,15,16). The molecule has 0 amide bonds. The maximum Gasteiger partial charge on any atom is 0.358 e. The number of likely N-dealkylation sites (tertiary alicyclic amines) is 1. The van der Waals surface area contributed by atoms with Crippen LogP contribution < -0.4 is 5.73 Å². The van der Waals surface area contributed by atoms with E-state index in [1.165, 1.54) is 6.20 Å². The number of hydrogen-bond acceptors (Lipinski definition) is 5. The summed E-state index contributed by atoms with van der Waals surface area (Å²) in [6.45, 7) is 3.48. The first kappa shape index (κ1) is 11.0. The van der Waals surface area contributed by atoms with Gasteiger partial charge in [-0.05, 0) is 19.5 Å². The number of carboxylic acids is 1. The molecule has 7 nitrogen and oxygen atoms in total. The second-order valence-electron chi connectivity index (χ2n) is 3.94. The van der Waals surface area contributed by atoms with E-state index in [4.69, 9.17) is 10.8 Å². The molecule has 0 radical (unpaired) electrons. The van der Waals surface area contributed by atoms with Gasteiger partial charge in [-0.3, -0.25) is 4.90 Å². The molecule has 1 aliphatic heterocycles. The highest BCUT2D eigenvalue weighted by Gasteiger charge is 2.28. The quantitative estimate of drug-likeness (QED) is 0.679. The molecule has 0 unspecified atom stereocenters. The van der Waals surface area contributed by atoms with Crippen LogP contribution in [0.2, 0.25) is 0 Å². The van der Waals surface area contributed by atoms with E-state index in [2.05, 4.69) is 15.2 Å². The van der Waals surface area contributed by atoms with Gasteiger partial charge in [-0.1, -0.05) is 5.21 Å². The lowest BCUT2D eigenvalue weighted by molar-refractivity contribution is 0.0690. The number of nitrogens with zero attached hydrogens (tertiary/aromatic N) is 4. The molecule has 7 heteroatoms. The van der Waals surface area contributed by atoms with Crippen molar-refractivity contribution in [3.63, 3.8) is 0 Å². The van der Waals surface area contributed by atoms with Gasteiger partial charge in [0.25, 0.3) is 0 Å². The van der Waals surface area contributed by atoms with Gasteiger partial charge in [0.15, 0.2) is 5.69 Å². The first-order valence-electron chi connectivity index (χ1n) is 5.28. The highest BCUT2D eigenvalue weighted by Crippen LogP contribution is 2.19. The van der Waals surface area contributed by atoms with Crippen molar-refractivity contribution in [2.45, 2.75) is 12.5 Å². The lowest BCUT2D eigenvalue weighted by Gasteiger charge is -2.38. The minimum absolute atomic E-state index is 0.000378. The van der Waals surface area contributed by atoms with E-state index >= 15 is 0 Å². The van der Waals surface area contributed by atoms with Crippen molar-refractivity contribution in [2.24, 2.45) is 5.73 Å². The van der Waals surface area contributed by atoms with Crippen LogP contribution in [0, 0.1) is 0 Å². The van der Waals surface area contributed by atoms with E-state index in [-0.39, 0.29) is 11.7 Å². The van der Waals surface area contributed by atoms with Crippen molar-refractivity contribution in [3.05, 3.63) is 11.9 Å². The summed E-state index contributed by atoms with van der Waals surface area (Å²) in [5, 5.41) is 16.1. The van der Waals surface area contributed by atoms with Crippen LogP contribution in [0.3, 0.4) is 0 Å². The summed E-state index contributed by atoms with van der Waals surface area (Å²) < 4.78 is 1.63. The predicted molar refractivity (Wildman–Crippen MR) is 56.1 cm³/mol. The van der Waals surface area contributed by atoms with Crippen molar-refractivity contribution in [1.82, 2.24) is 19.9 Å². The zero-order valence-corrected chi connectivity index (χ0v) is 8.91. The Balaban J connectivity index is 1.84. The minimum atomic E-state index is -1.04. The van der Waals surface area contributed by atoms with Crippen LogP contribution >= 0.6 is 0 Å². The van der Waals surface area contributed by atoms with Gasteiger partial charge < -0.3 is 10.8 Å². The Kier molecular flexibility index (Phi) is 3.16. The molecule has 2 rings (SSSR count). The fourth-order valence-electron chi connectivity index (χ4n) is 1.76. The van der Waals surface area contributed by atoms with Crippen molar-refractivity contribution >= 4 is 5.97 Å². The predicted octanol–water partition coefficient (Wildman–Crippen LogP) is -0.818. The molecule has 1 aromatic heterocycles. The number of aromatic carboxylic acids is 1. The summed E-state index contributed by atoms with van der Waals surface area (Å²) in [7, 11) is 0. The third-order valence-electron chi connectivity index (χ3n) is 2.72. The molecule has 1 fully saturated rings. The van der Waals surface area contributed by atoms with Gasteiger partial charge in [-0.15, -0.1) is 5.10 Å². The molecule has 3 N–H and O–H groups in total. The molecule has 16 heavy (non-hydrogen) atoms. The molecule has 1 aromatic rings. The summed E-state index contributed by atoms with van der Waals surface area (Å²) >= 11 is 0. The highest BCUT2D eigenvalue weighted by molar-refractivity contribution is 5.84. The Morgan fingerprint density at radius 3 is 2.94 bits per heavy atom. The zero-order valence-electron chi connectivity index (χ0n) is 8.91. The topological polar surface area (TPSA) is 97.3 Å². The largest absolute Gasteiger partial charge is 0.476 e. The summed E-state index contributed by atoms with van der Waals surface area (Å²) in [5.74, 6) is -1.04. The van der Waals surface area contributed by atoms with Gasteiger partial charge in [0.05, 0.1) is 12.2 Å². The molecular weight excluding hydrogens is 210 g/mol. The monoisotopic (exact) mass is 225 g/mol. The normalized spacial score (nSPS) is 17.3. The summed E-state index contributed by atoms with van der Waals surface area (Å²) in [5.41, 5.74) is 5.42. The van der Waals surface area contributed by atoms with E-state index in [1.807, 2.05) is 0 Å². The average Bonchev–Trinajstić information content (AvgIpc) is 2.64. The van der Waals surface area contributed by atoms with E-state index in [1.54, 1.807) is 4.68 Å². The Bertz CT molecular complexity index is 372. The molecule has 2 heterocycles. The van der Waals surface area contributed by atoms with E-state index < -0.39 is 5.97 Å². The molecule has 0 bridgehead atoms. The van der Waals surface area contributed by atoms with Gasteiger partial charge in [-0.2, -0.15) is 0 Å². The molecule has 1 saturated heterocycles. The first-order chi connectivity index (χ1) is 7.70. The van der Waals surface area contributed by atoms with Crippen molar-refractivity contribution in [3.8, 4) is 0 Å². The smallest absolute Gasteiger partial charge is 0.358 e. The molecule has 0 aromatic carbocycles. The van der Waals surface area contributed by atoms with Crippen molar-refractivity contribution < 1.29 is 9.90 Å². The summed E-state index contributed by atoms with van der Waals surface area (Å²) in [6, 6.07) is 0.248. The van der Waals surface area contributed by atoms with Crippen molar-refractivity contribution in [1.29, 1.82) is 0 Å². The number of nitrogens with two attached hydrogens (primary N) is 1. The maximum absolute atomic E-state index is 10.6. The third kappa shape index (κ3) is 2.20. The van der Waals surface area contributed by atoms with Crippen LogP contribution in [0.1, 0.15) is 23.0 Å². The molecule has 0 saturated carbocycles. The van der Waals surface area contributed by atoms with Gasteiger partial charge in [0.2, 0.25) is 0 Å². The van der Waals surface area contributed by atoms with Gasteiger partial charge in [0, 0.05) is 13.1 Å². The van der Waals surface area contributed by atoms with Gasteiger partial charge in [0.1, 0.15) is 0 Å². The van der Waals surface area contributed by atoms with Crippen LogP contribution in [-0.4, -0.2) is 57.1 Å². The first-order valence-corrected chi connectivity index (χ1v) is 5.28. The van der Waals surface area contributed by atoms with Gasteiger partial charge in [-0.25, -0.2) is 9.48 Å². The third-order valence-corrected chi connectivity index (χ3v) is 2.72. The van der Waals surface area contributed by atoms with Crippen LogP contribution in [-0.2, 0) is 0 Å². The molecule has 0 atom stereocenters. The van der Waals surface area contributed by atoms with E-state index in [9.17, 15) is 4.79 Å². The fourth-order valence-corrected chi connectivity index (χ4v) is 1.76. The Labute approximate surface area is 92.8 Å². The van der Waals surface area contributed by atoms with E-state index in [0.717, 1.165) is 26.1 Å². The second-order valence-corrected chi connectivity index (χ2v) is 3.94. The van der Waals surface area contributed by atoms with Crippen LogP contribution in [0.25, 0.3) is 0 Å². The summed E-state index contributed by atoms with van der Waals surface area (Å²) in [6.07, 6.45) is 2.47. The number of carboxylic acid groups (broad SMARTS) is 1. The maximum atomic E-state index is 10.6. The number of carbonyl (C=O) groups is 1. The number of rotatable bonds is 5. The fraction of sp³-hybridized carbons (Fsp3) is 0.667. The zero-order chi connectivity index (χ0) is 11.5. The molecule has 1 aliphatic rings. The Morgan fingerprint density at radius 1 is 1.62 bits per heavy atom. The lowest BCUT2D eigenvalue weighted by atomic mass is 10.1. The number of aromatic nitrogens is 3. The second kappa shape index (κ2) is 4.58. The van der Waals surface area contributed by atoms with Crippen molar-refractivity contribution in [2.75, 3.05) is 26.2 Å². The van der Waals surface area contributed by atoms with Gasteiger partial charge >= 0.3 is 5.97 Å². The molecular formula is C9H15N5O2. The lowest BCUT2D eigenvalue weighted by Crippen LogP contribution is -2.48. The number of hydrogen-bond donors (Lipinski definition) is 2. The average molecular weight is 225 g/mol. The highest BCUT2D eigenvalue weighted by atomic mass is 16.4.